The van der Waals surface area contributed by atoms with Crippen LogP contribution in [0, 0.1) is 0 Å². The average Bonchev–Trinajstić information content (AvgIpc) is 3.32. The largest absolute Gasteiger partial charge is 0.490 e. The van der Waals surface area contributed by atoms with Gasteiger partial charge in [0.1, 0.15) is 11.9 Å². The minimum Gasteiger partial charge on any atom is -0.490 e. The summed E-state index contributed by atoms with van der Waals surface area (Å²) < 4.78 is 11.4. The first-order valence-electron chi connectivity index (χ1n) is 10.3. The van der Waals surface area contributed by atoms with E-state index in [1.807, 2.05) is 57.7 Å². The van der Waals surface area contributed by atoms with E-state index in [1.54, 1.807) is 17.4 Å². The summed E-state index contributed by atoms with van der Waals surface area (Å²) >= 11 is 1.61. The van der Waals surface area contributed by atoms with Gasteiger partial charge >= 0.3 is 0 Å². The highest BCUT2D eigenvalue weighted by molar-refractivity contribution is 7.10. The van der Waals surface area contributed by atoms with Crippen LogP contribution in [0.25, 0.3) is 6.08 Å². The van der Waals surface area contributed by atoms with Gasteiger partial charge in [-0.15, -0.1) is 11.3 Å². The van der Waals surface area contributed by atoms with E-state index in [-0.39, 0.29) is 17.9 Å². The number of carbonyl (C=O) groups excluding carboxylic acids is 2. The quantitative estimate of drug-likeness (QED) is 0.689. The third-order valence-corrected chi connectivity index (χ3v) is 6.21. The molecule has 1 aromatic carbocycles. The molecular formula is C23H26N2O4S. The predicted molar refractivity (Wildman–Crippen MR) is 117 cm³/mol. The molecule has 0 bridgehead atoms. The number of amides is 2. The molecule has 4 rings (SSSR count). The number of hydrogen-bond donors (Lipinski definition) is 0. The Morgan fingerprint density at radius 2 is 1.83 bits per heavy atom. The van der Waals surface area contributed by atoms with Gasteiger partial charge in [-0.3, -0.25) is 9.59 Å². The summed E-state index contributed by atoms with van der Waals surface area (Å²) in [6.07, 6.45) is 5.12. The summed E-state index contributed by atoms with van der Waals surface area (Å²) in [6.45, 7) is 3.76. The number of ether oxygens (including phenoxy) is 2. The lowest BCUT2D eigenvalue weighted by molar-refractivity contribution is -0.127. The van der Waals surface area contributed by atoms with Crippen LogP contribution in [0.1, 0.15) is 28.1 Å². The summed E-state index contributed by atoms with van der Waals surface area (Å²) in [5, 5.41) is 2.00. The lowest BCUT2D eigenvalue weighted by atomic mass is 10.1. The molecule has 3 heterocycles. The van der Waals surface area contributed by atoms with Crippen LogP contribution in [0.3, 0.4) is 0 Å². The van der Waals surface area contributed by atoms with Crippen molar-refractivity contribution in [1.29, 1.82) is 0 Å². The molecule has 2 fully saturated rings. The molecule has 7 heteroatoms. The van der Waals surface area contributed by atoms with Crippen molar-refractivity contribution in [3.05, 3.63) is 58.3 Å². The highest BCUT2D eigenvalue weighted by Gasteiger charge is 2.24. The molecule has 2 amide bonds. The lowest BCUT2D eigenvalue weighted by Crippen LogP contribution is -2.41. The molecule has 2 aliphatic rings. The summed E-state index contributed by atoms with van der Waals surface area (Å²) in [5.41, 5.74) is 0.640. The van der Waals surface area contributed by atoms with Gasteiger partial charge in [0.25, 0.3) is 5.91 Å². The number of morpholine rings is 1. The van der Waals surface area contributed by atoms with Crippen LogP contribution in [-0.2, 0) is 9.53 Å². The Kier molecular flexibility index (Phi) is 6.81. The van der Waals surface area contributed by atoms with Crippen molar-refractivity contribution < 1.29 is 19.1 Å². The van der Waals surface area contributed by atoms with Crippen LogP contribution in [0.5, 0.6) is 5.75 Å². The smallest absolute Gasteiger partial charge is 0.254 e. The fraction of sp³-hybridized carbons (Fsp3) is 0.391. The third-order valence-electron chi connectivity index (χ3n) is 5.37. The van der Waals surface area contributed by atoms with Crippen LogP contribution in [0.4, 0.5) is 0 Å². The summed E-state index contributed by atoms with van der Waals surface area (Å²) in [4.78, 5) is 29.8. The fourth-order valence-electron chi connectivity index (χ4n) is 3.68. The molecule has 2 saturated heterocycles. The van der Waals surface area contributed by atoms with E-state index < -0.39 is 0 Å². The zero-order valence-electron chi connectivity index (χ0n) is 16.9. The molecule has 2 aliphatic heterocycles. The van der Waals surface area contributed by atoms with Gasteiger partial charge in [-0.25, -0.2) is 0 Å². The van der Waals surface area contributed by atoms with Crippen molar-refractivity contribution in [2.24, 2.45) is 0 Å². The van der Waals surface area contributed by atoms with Crippen LogP contribution < -0.4 is 4.74 Å². The highest BCUT2D eigenvalue weighted by atomic mass is 32.1. The molecule has 30 heavy (non-hydrogen) atoms. The monoisotopic (exact) mass is 426 g/mol. The maximum Gasteiger partial charge on any atom is 0.254 e. The zero-order valence-corrected chi connectivity index (χ0v) is 17.7. The highest BCUT2D eigenvalue weighted by Crippen LogP contribution is 2.22. The van der Waals surface area contributed by atoms with Crippen LogP contribution in [0.2, 0.25) is 0 Å². The average molecular weight is 427 g/mol. The maximum atomic E-state index is 12.7. The van der Waals surface area contributed by atoms with Crippen LogP contribution >= 0.6 is 11.3 Å². The molecule has 0 saturated carbocycles. The van der Waals surface area contributed by atoms with Gasteiger partial charge in [-0.1, -0.05) is 12.1 Å². The second kappa shape index (κ2) is 9.91. The summed E-state index contributed by atoms with van der Waals surface area (Å²) in [6, 6.07) is 11.4. The second-order valence-electron chi connectivity index (χ2n) is 7.42. The lowest BCUT2D eigenvalue weighted by Gasteiger charge is -2.31. The third kappa shape index (κ3) is 5.29. The Morgan fingerprint density at radius 1 is 1.03 bits per heavy atom. The first kappa shape index (κ1) is 20.6. The standard InChI is InChI=1S/C23H26N2O4S/c26-22(7-6-21-5-2-16-30-21)24-10-8-19(9-11-24)29-20-4-1-3-18(17-20)23(27)25-12-14-28-15-13-25/h1-7,16-17,19H,8-15H2/b7-6+. The van der Waals surface area contributed by atoms with E-state index in [4.69, 9.17) is 9.47 Å². The number of likely N-dealkylation sites (tertiary alicyclic amines) is 1. The topological polar surface area (TPSA) is 59.1 Å². The van der Waals surface area contributed by atoms with E-state index in [9.17, 15) is 9.59 Å². The number of rotatable bonds is 5. The minimum atomic E-state index is 0.0155. The number of piperidine rings is 1. The molecule has 0 N–H and O–H groups in total. The van der Waals surface area contributed by atoms with Gasteiger partial charge in [0, 0.05) is 55.5 Å². The molecule has 0 spiro atoms. The molecule has 2 aromatic rings. The fourth-order valence-corrected chi connectivity index (χ4v) is 4.30. The molecule has 0 unspecified atom stereocenters. The van der Waals surface area contributed by atoms with Gasteiger partial charge in [0.05, 0.1) is 13.2 Å². The number of benzene rings is 1. The van der Waals surface area contributed by atoms with Gasteiger partial charge in [0.2, 0.25) is 5.91 Å². The van der Waals surface area contributed by atoms with Crippen molar-refractivity contribution in [2.75, 3.05) is 39.4 Å². The predicted octanol–water partition coefficient (Wildman–Crippen LogP) is 3.30. The van der Waals surface area contributed by atoms with Gasteiger partial charge < -0.3 is 19.3 Å². The Balaban J connectivity index is 1.28. The molecule has 0 radical (unpaired) electrons. The van der Waals surface area contributed by atoms with Crippen molar-refractivity contribution in [3.63, 3.8) is 0 Å². The van der Waals surface area contributed by atoms with Crippen molar-refractivity contribution in [1.82, 2.24) is 9.80 Å². The molecule has 0 atom stereocenters. The van der Waals surface area contributed by atoms with E-state index >= 15 is 0 Å². The van der Waals surface area contributed by atoms with Gasteiger partial charge in [0.15, 0.2) is 0 Å². The molecular weight excluding hydrogens is 400 g/mol. The first-order chi connectivity index (χ1) is 14.7. The van der Waals surface area contributed by atoms with Gasteiger partial charge in [-0.05, 0) is 35.7 Å². The van der Waals surface area contributed by atoms with E-state index in [1.165, 1.54) is 0 Å². The molecule has 0 aliphatic carbocycles. The van der Waals surface area contributed by atoms with Crippen LogP contribution in [-0.4, -0.2) is 67.1 Å². The molecule has 1 aromatic heterocycles. The zero-order chi connectivity index (χ0) is 20.8. The Morgan fingerprint density at radius 3 is 2.57 bits per heavy atom. The van der Waals surface area contributed by atoms with Crippen LogP contribution in [0.15, 0.2) is 47.9 Å². The van der Waals surface area contributed by atoms with E-state index in [2.05, 4.69) is 0 Å². The normalized spacial score (nSPS) is 18.0. The molecule has 158 valence electrons. The number of carbonyl (C=O) groups is 2. The van der Waals surface area contributed by atoms with Gasteiger partial charge in [-0.2, -0.15) is 0 Å². The first-order valence-corrected chi connectivity index (χ1v) is 11.2. The van der Waals surface area contributed by atoms with E-state index in [0.717, 1.165) is 17.7 Å². The Hall–Kier alpha value is -2.64. The second-order valence-corrected chi connectivity index (χ2v) is 8.40. The van der Waals surface area contributed by atoms with Crippen molar-refractivity contribution >= 4 is 29.2 Å². The molecule has 6 nitrogen and oxygen atoms in total. The van der Waals surface area contributed by atoms with E-state index in [0.29, 0.717) is 50.7 Å². The van der Waals surface area contributed by atoms with Crippen molar-refractivity contribution in [2.45, 2.75) is 18.9 Å². The SMILES string of the molecule is O=C(/C=C/c1cccs1)N1CCC(Oc2cccc(C(=O)N3CCOCC3)c2)CC1. The number of nitrogens with zero attached hydrogens (tertiary/aromatic N) is 2. The Bertz CT molecular complexity index is 882. The van der Waals surface area contributed by atoms with Crippen molar-refractivity contribution in [3.8, 4) is 5.75 Å². The maximum absolute atomic E-state index is 12.7. The Labute approximate surface area is 180 Å². The number of thiophene rings is 1. The summed E-state index contributed by atoms with van der Waals surface area (Å²) in [5.74, 6) is 0.762. The number of hydrogen-bond acceptors (Lipinski definition) is 5. The minimum absolute atomic E-state index is 0.0155. The summed E-state index contributed by atoms with van der Waals surface area (Å²) in [7, 11) is 0.